The van der Waals surface area contributed by atoms with Gasteiger partial charge in [0, 0.05) is 41.3 Å². The van der Waals surface area contributed by atoms with E-state index in [1.165, 1.54) is 14.0 Å². The molecule has 140 valence electrons. The van der Waals surface area contributed by atoms with Crippen LogP contribution in [0.1, 0.15) is 12.5 Å². The molecule has 0 radical (unpaired) electrons. The predicted molar refractivity (Wildman–Crippen MR) is 105 cm³/mol. The minimum atomic E-state index is -3.49. The first-order valence-electron chi connectivity index (χ1n) is 7.50. The summed E-state index contributed by atoms with van der Waals surface area (Å²) in [4.78, 5) is 11.3. The summed E-state index contributed by atoms with van der Waals surface area (Å²) in [6.45, 7) is 1.45. The van der Waals surface area contributed by atoms with Gasteiger partial charge >= 0.3 is 0 Å². The van der Waals surface area contributed by atoms with Crippen LogP contribution in [0.2, 0.25) is 10.0 Å². The van der Waals surface area contributed by atoms with E-state index in [0.717, 1.165) is 10.6 Å². The van der Waals surface area contributed by atoms with Gasteiger partial charge in [-0.25, -0.2) is 8.42 Å². The van der Waals surface area contributed by atoms with Gasteiger partial charge in [-0.3, -0.25) is 9.10 Å². The number of ether oxygens (including phenoxy) is 1. The number of halogens is 2. The molecule has 0 saturated carbocycles. The zero-order chi connectivity index (χ0) is 19.5. The maximum absolute atomic E-state index is 11.9. The fourth-order valence-electron chi connectivity index (χ4n) is 2.16. The van der Waals surface area contributed by atoms with Gasteiger partial charge in [0.2, 0.25) is 15.9 Å². The minimum absolute atomic E-state index is 0.0769. The minimum Gasteiger partial charge on any atom is -0.487 e. The third kappa shape index (κ3) is 5.27. The van der Waals surface area contributed by atoms with Gasteiger partial charge in [-0.2, -0.15) is 0 Å². The fraction of sp³-hybridized carbons (Fsp3) is 0.235. The first-order valence-corrected chi connectivity index (χ1v) is 10.1. The van der Waals surface area contributed by atoms with Gasteiger partial charge in [-0.15, -0.1) is 0 Å². The van der Waals surface area contributed by atoms with Crippen LogP contribution in [0.15, 0.2) is 36.4 Å². The number of nitrogens with zero attached hydrogens (tertiary/aromatic N) is 1. The monoisotopic (exact) mass is 416 g/mol. The van der Waals surface area contributed by atoms with Crippen LogP contribution in [-0.4, -0.2) is 27.6 Å². The lowest BCUT2D eigenvalue weighted by Crippen LogP contribution is -2.25. The molecule has 0 aliphatic heterocycles. The van der Waals surface area contributed by atoms with Crippen LogP contribution < -0.4 is 14.4 Å². The van der Waals surface area contributed by atoms with Crippen LogP contribution in [0, 0.1) is 0 Å². The first kappa shape index (κ1) is 20.4. The molecule has 9 heteroatoms. The van der Waals surface area contributed by atoms with E-state index in [2.05, 4.69) is 5.32 Å². The van der Waals surface area contributed by atoms with E-state index in [1.807, 2.05) is 0 Å². The third-order valence-electron chi connectivity index (χ3n) is 3.51. The molecule has 0 spiro atoms. The van der Waals surface area contributed by atoms with Crippen molar-refractivity contribution in [2.75, 3.05) is 22.9 Å². The number of amides is 1. The Balaban J connectivity index is 2.38. The summed E-state index contributed by atoms with van der Waals surface area (Å²) in [6, 6.07) is 9.69. The molecule has 26 heavy (non-hydrogen) atoms. The van der Waals surface area contributed by atoms with Crippen LogP contribution in [0.5, 0.6) is 5.75 Å². The molecule has 0 aliphatic rings. The Morgan fingerprint density at radius 1 is 1.19 bits per heavy atom. The molecule has 2 rings (SSSR count). The van der Waals surface area contributed by atoms with Crippen molar-refractivity contribution in [2.45, 2.75) is 13.5 Å². The van der Waals surface area contributed by atoms with E-state index in [9.17, 15) is 13.2 Å². The zero-order valence-corrected chi connectivity index (χ0v) is 16.7. The second-order valence-electron chi connectivity index (χ2n) is 5.62. The second kappa shape index (κ2) is 8.16. The maximum atomic E-state index is 11.9. The van der Waals surface area contributed by atoms with E-state index in [4.69, 9.17) is 27.9 Å². The van der Waals surface area contributed by atoms with Crippen LogP contribution in [0.25, 0.3) is 0 Å². The molecule has 0 atom stereocenters. The second-order valence-corrected chi connectivity index (χ2v) is 8.48. The number of rotatable bonds is 6. The first-order chi connectivity index (χ1) is 12.1. The highest BCUT2D eigenvalue weighted by molar-refractivity contribution is 7.92. The molecular weight excluding hydrogens is 399 g/mol. The Labute approximate surface area is 162 Å². The lowest BCUT2D eigenvalue weighted by molar-refractivity contribution is -0.114. The SMILES string of the molecule is CC(=O)Nc1ccc(N(C)S(C)(=O)=O)c(OCc2cc(Cl)ccc2Cl)c1. The van der Waals surface area contributed by atoms with E-state index in [0.29, 0.717) is 27.0 Å². The van der Waals surface area contributed by atoms with Gasteiger partial charge in [0.05, 0.1) is 11.9 Å². The molecule has 0 heterocycles. The predicted octanol–water partition coefficient (Wildman–Crippen LogP) is 3.93. The van der Waals surface area contributed by atoms with Gasteiger partial charge in [0.1, 0.15) is 12.4 Å². The van der Waals surface area contributed by atoms with Crippen molar-refractivity contribution in [3.63, 3.8) is 0 Å². The Kier molecular flexibility index (Phi) is 6.39. The van der Waals surface area contributed by atoms with Crippen LogP contribution in [0.4, 0.5) is 11.4 Å². The smallest absolute Gasteiger partial charge is 0.232 e. The Bertz CT molecular complexity index is 932. The van der Waals surface area contributed by atoms with Gasteiger partial charge < -0.3 is 10.1 Å². The van der Waals surface area contributed by atoms with Gasteiger partial charge in [0.15, 0.2) is 0 Å². The Morgan fingerprint density at radius 3 is 2.50 bits per heavy atom. The standard InChI is InChI=1S/C17H18Cl2N2O4S/c1-11(22)20-14-5-7-16(21(2)26(3,23)24)17(9-14)25-10-12-8-13(18)4-6-15(12)19/h4-9H,10H2,1-3H3,(H,20,22). The third-order valence-corrected chi connectivity index (χ3v) is 5.30. The molecule has 1 amide bonds. The van der Waals surface area contributed by atoms with Gasteiger partial charge in [-0.1, -0.05) is 23.2 Å². The highest BCUT2D eigenvalue weighted by atomic mass is 35.5. The molecule has 0 unspecified atom stereocenters. The number of nitrogens with one attached hydrogen (secondary N) is 1. The quantitative estimate of drug-likeness (QED) is 0.773. The summed E-state index contributed by atoms with van der Waals surface area (Å²) in [5.41, 5.74) is 1.46. The molecule has 0 saturated heterocycles. The summed E-state index contributed by atoms with van der Waals surface area (Å²) in [6.07, 6.45) is 1.09. The lowest BCUT2D eigenvalue weighted by Gasteiger charge is -2.21. The van der Waals surface area contributed by atoms with Crippen molar-refractivity contribution in [3.05, 3.63) is 52.0 Å². The van der Waals surface area contributed by atoms with E-state index in [1.54, 1.807) is 36.4 Å². The zero-order valence-electron chi connectivity index (χ0n) is 14.4. The molecule has 2 aromatic rings. The number of anilines is 2. The lowest BCUT2D eigenvalue weighted by atomic mass is 10.2. The van der Waals surface area contributed by atoms with Crippen LogP contribution in [-0.2, 0) is 21.4 Å². The Morgan fingerprint density at radius 2 is 1.88 bits per heavy atom. The van der Waals surface area contributed by atoms with E-state index >= 15 is 0 Å². The van der Waals surface area contributed by atoms with Crippen LogP contribution in [0.3, 0.4) is 0 Å². The van der Waals surface area contributed by atoms with Crippen molar-refractivity contribution >= 4 is 50.5 Å². The molecule has 6 nitrogen and oxygen atoms in total. The van der Waals surface area contributed by atoms with Crippen LogP contribution >= 0.6 is 23.2 Å². The summed E-state index contributed by atoms with van der Waals surface area (Å²) in [7, 11) is -2.07. The normalized spacial score (nSPS) is 11.1. The average Bonchev–Trinajstić information content (AvgIpc) is 2.54. The van der Waals surface area contributed by atoms with E-state index < -0.39 is 10.0 Å². The van der Waals surface area contributed by atoms with E-state index in [-0.39, 0.29) is 18.3 Å². The summed E-state index contributed by atoms with van der Waals surface area (Å²) >= 11 is 12.1. The van der Waals surface area contributed by atoms with Crippen molar-refractivity contribution in [1.82, 2.24) is 0 Å². The topological polar surface area (TPSA) is 75.7 Å². The molecule has 0 aromatic heterocycles. The fourth-order valence-corrected chi connectivity index (χ4v) is 3.03. The molecule has 0 aliphatic carbocycles. The van der Waals surface area contributed by atoms with Crippen molar-refractivity contribution < 1.29 is 17.9 Å². The maximum Gasteiger partial charge on any atom is 0.232 e. The molecule has 0 fully saturated rings. The number of benzene rings is 2. The highest BCUT2D eigenvalue weighted by Crippen LogP contribution is 2.33. The number of hydrogen-bond donors (Lipinski definition) is 1. The summed E-state index contributed by atoms with van der Waals surface area (Å²) in [5.74, 6) is 0.0262. The average molecular weight is 417 g/mol. The Hall–Kier alpha value is -1.96. The number of sulfonamides is 1. The number of carbonyl (C=O) groups excluding carboxylic acids is 1. The number of hydrogen-bond acceptors (Lipinski definition) is 4. The molecule has 1 N–H and O–H groups in total. The van der Waals surface area contributed by atoms with Crippen molar-refractivity contribution in [1.29, 1.82) is 0 Å². The largest absolute Gasteiger partial charge is 0.487 e. The van der Waals surface area contributed by atoms with Gasteiger partial charge in [0.25, 0.3) is 0 Å². The molecule has 0 bridgehead atoms. The van der Waals surface area contributed by atoms with Gasteiger partial charge in [-0.05, 0) is 30.3 Å². The summed E-state index contributed by atoms with van der Waals surface area (Å²) < 4.78 is 30.7. The van der Waals surface area contributed by atoms with Crippen molar-refractivity contribution in [2.24, 2.45) is 0 Å². The van der Waals surface area contributed by atoms with Crippen molar-refractivity contribution in [3.8, 4) is 5.75 Å². The molecular formula is C17H18Cl2N2O4S. The number of carbonyl (C=O) groups is 1. The highest BCUT2D eigenvalue weighted by Gasteiger charge is 2.18. The summed E-state index contributed by atoms with van der Waals surface area (Å²) in [5, 5.41) is 3.62. The molecule has 2 aromatic carbocycles.